The van der Waals surface area contributed by atoms with Crippen LogP contribution in [0.2, 0.25) is 0 Å². The largest absolute Gasteiger partial charge is 0.489 e. The summed E-state index contributed by atoms with van der Waals surface area (Å²) in [6.45, 7) is 0.282. The van der Waals surface area contributed by atoms with Crippen LogP contribution in [0.1, 0.15) is 11.3 Å². The molecule has 0 aliphatic heterocycles. The highest BCUT2D eigenvalue weighted by Gasteiger charge is 2.35. The van der Waals surface area contributed by atoms with Crippen molar-refractivity contribution in [2.75, 3.05) is 0 Å². The van der Waals surface area contributed by atoms with Crippen molar-refractivity contribution < 1.29 is 32.0 Å². The molecule has 0 unspecified atom stereocenters. The number of nitro groups is 1. The SMILES string of the molecule is Cn1c(C(F)(F)F)cc(=O)n(-c2cc(Oc3ccc(OCc4ccccc4)cc3)c([N+](=O)[O-])cc2F)c1=O. The van der Waals surface area contributed by atoms with Crippen LogP contribution in [-0.4, -0.2) is 14.1 Å². The van der Waals surface area contributed by atoms with Crippen molar-refractivity contribution in [3.63, 3.8) is 0 Å². The molecule has 196 valence electrons. The van der Waals surface area contributed by atoms with Crippen LogP contribution in [0.15, 0.2) is 82.4 Å². The first-order valence-corrected chi connectivity index (χ1v) is 10.8. The second-order valence-corrected chi connectivity index (χ2v) is 7.92. The van der Waals surface area contributed by atoms with Gasteiger partial charge in [0.25, 0.3) is 5.56 Å². The van der Waals surface area contributed by atoms with E-state index in [1.165, 1.54) is 24.3 Å². The minimum atomic E-state index is -5.02. The number of nitro benzene ring substituents is 1. The standard InChI is InChI=1S/C25H17F4N3O6/c1-30-22(25(27,28)29)13-23(33)31(24(30)34)19-12-21(20(32(35)36)11-18(19)26)38-17-9-7-16(8-10-17)37-14-15-5-3-2-4-6-15/h2-13H,14H2,1H3. The van der Waals surface area contributed by atoms with Crippen LogP contribution >= 0.6 is 0 Å². The minimum absolute atomic E-state index is 0.0605. The molecule has 0 aliphatic rings. The summed E-state index contributed by atoms with van der Waals surface area (Å²) in [5.74, 6) is -1.44. The highest BCUT2D eigenvalue weighted by atomic mass is 19.4. The summed E-state index contributed by atoms with van der Waals surface area (Å²) < 4.78 is 65.7. The fourth-order valence-corrected chi connectivity index (χ4v) is 3.52. The number of halogens is 4. The predicted molar refractivity (Wildman–Crippen MR) is 126 cm³/mol. The molecule has 4 aromatic rings. The number of hydrogen-bond donors (Lipinski definition) is 0. The second kappa shape index (κ2) is 10.2. The van der Waals surface area contributed by atoms with Gasteiger partial charge in [0, 0.05) is 19.2 Å². The molecule has 0 spiro atoms. The average Bonchev–Trinajstić information content (AvgIpc) is 2.87. The van der Waals surface area contributed by atoms with Gasteiger partial charge in [0.2, 0.25) is 5.75 Å². The number of ether oxygens (including phenoxy) is 2. The van der Waals surface area contributed by atoms with E-state index in [-0.39, 0.29) is 27.6 Å². The maximum Gasteiger partial charge on any atom is 0.431 e. The van der Waals surface area contributed by atoms with Crippen LogP contribution in [0.5, 0.6) is 17.2 Å². The normalized spacial score (nSPS) is 11.3. The molecule has 0 atom stereocenters. The van der Waals surface area contributed by atoms with Crippen molar-refractivity contribution in [1.82, 2.24) is 9.13 Å². The van der Waals surface area contributed by atoms with Gasteiger partial charge in [-0.1, -0.05) is 30.3 Å². The Hall–Kier alpha value is -4.94. The molecule has 0 bridgehead atoms. The Balaban J connectivity index is 1.69. The lowest BCUT2D eigenvalue weighted by atomic mass is 10.2. The van der Waals surface area contributed by atoms with Crippen LogP contribution in [0.4, 0.5) is 23.2 Å². The van der Waals surface area contributed by atoms with E-state index in [0.29, 0.717) is 17.9 Å². The third kappa shape index (κ3) is 5.40. The molecule has 1 aromatic heterocycles. The minimum Gasteiger partial charge on any atom is -0.489 e. The summed E-state index contributed by atoms with van der Waals surface area (Å²) in [6.07, 6.45) is -5.02. The smallest absolute Gasteiger partial charge is 0.431 e. The second-order valence-electron chi connectivity index (χ2n) is 7.92. The van der Waals surface area contributed by atoms with Crippen molar-refractivity contribution in [1.29, 1.82) is 0 Å². The molecule has 3 aromatic carbocycles. The van der Waals surface area contributed by atoms with Crippen molar-refractivity contribution in [2.45, 2.75) is 12.8 Å². The van der Waals surface area contributed by atoms with E-state index >= 15 is 0 Å². The highest BCUT2D eigenvalue weighted by molar-refractivity contribution is 5.55. The van der Waals surface area contributed by atoms with Crippen molar-refractivity contribution in [3.8, 4) is 22.9 Å². The molecule has 38 heavy (non-hydrogen) atoms. The van der Waals surface area contributed by atoms with Crippen LogP contribution in [0.3, 0.4) is 0 Å². The highest BCUT2D eigenvalue weighted by Crippen LogP contribution is 2.35. The lowest BCUT2D eigenvalue weighted by molar-refractivity contribution is -0.385. The lowest BCUT2D eigenvalue weighted by Gasteiger charge is -2.15. The molecular formula is C25H17F4N3O6. The topological polar surface area (TPSA) is 106 Å². The van der Waals surface area contributed by atoms with E-state index in [2.05, 4.69) is 0 Å². The van der Waals surface area contributed by atoms with Gasteiger partial charge in [0.15, 0.2) is 5.82 Å². The Morgan fingerprint density at radius 2 is 1.58 bits per heavy atom. The van der Waals surface area contributed by atoms with Crippen LogP contribution in [0, 0.1) is 15.9 Å². The quantitative estimate of drug-likeness (QED) is 0.189. The molecule has 1 heterocycles. The first-order valence-electron chi connectivity index (χ1n) is 10.8. The van der Waals surface area contributed by atoms with E-state index in [4.69, 9.17) is 9.47 Å². The third-order valence-electron chi connectivity index (χ3n) is 5.38. The molecule has 0 fully saturated rings. The Morgan fingerprint density at radius 3 is 2.18 bits per heavy atom. The van der Waals surface area contributed by atoms with E-state index in [1.54, 1.807) is 0 Å². The average molecular weight is 531 g/mol. The van der Waals surface area contributed by atoms with Gasteiger partial charge in [-0.25, -0.2) is 13.8 Å². The monoisotopic (exact) mass is 531 g/mol. The van der Waals surface area contributed by atoms with Gasteiger partial charge in [-0.15, -0.1) is 0 Å². The first kappa shape index (κ1) is 26.1. The number of aromatic nitrogens is 2. The molecule has 0 saturated carbocycles. The number of hydrogen-bond acceptors (Lipinski definition) is 6. The van der Waals surface area contributed by atoms with Gasteiger partial charge in [0.05, 0.1) is 16.7 Å². The van der Waals surface area contributed by atoms with Crippen molar-refractivity contribution in [2.24, 2.45) is 7.05 Å². The van der Waals surface area contributed by atoms with Gasteiger partial charge in [-0.05, 0) is 29.8 Å². The molecule has 0 radical (unpaired) electrons. The van der Waals surface area contributed by atoms with Gasteiger partial charge in [-0.3, -0.25) is 19.5 Å². The first-order chi connectivity index (χ1) is 18.0. The molecule has 4 rings (SSSR count). The zero-order valence-electron chi connectivity index (χ0n) is 19.4. The molecule has 0 amide bonds. The van der Waals surface area contributed by atoms with Crippen LogP contribution < -0.4 is 20.7 Å². The Kier molecular flexibility index (Phi) is 7.02. The molecule has 13 heteroatoms. The van der Waals surface area contributed by atoms with Gasteiger partial charge in [-0.2, -0.15) is 13.2 Å². The summed E-state index contributed by atoms with van der Waals surface area (Å²) in [5, 5.41) is 11.5. The molecule has 0 saturated heterocycles. The molecular weight excluding hydrogens is 514 g/mol. The van der Waals surface area contributed by atoms with E-state index < -0.39 is 51.0 Å². The van der Waals surface area contributed by atoms with Gasteiger partial charge >= 0.3 is 17.6 Å². The van der Waals surface area contributed by atoms with Crippen molar-refractivity contribution in [3.05, 3.63) is 121 Å². The Morgan fingerprint density at radius 1 is 0.947 bits per heavy atom. The van der Waals surface area contributed by atoms with Crippen LogP contribution in [-0.2, 0) is 19.8 Å². The number of rotatable bonds is 7. The van der Waals surface area contributed by atoms with Crippen molar-refractivity contribution >= 4 is 5.69 Å². The van der Waals surface area contributed by atoms with Gasteiger partial charge in [0.1, 0.15) is 23.8 Å². The fourth-order valence-electron chi connectivity index (χ4n) is 3.52. The zero-order valence-corrected chi connectivity index (χ0v) is 19.4. The number of alkyl halides is 3. The van der Waals surface area contributed by atoms with Crippen LogP contribution in [0.25, 0.3) is 5.69 Å². The molecule has 9 nitrogen and oxygen atoms in total. The summed E-state index contributed by atoms with van der Waals surface area (Å²) >= 11 is 0. The summed E-state index contributed by atoms with van der Waals surface area (Å²) in [7, 11) is 0.753. The zero-order chi connectivity index (χ0) is 27.6. The van der Waals surface area contributed by atoms with E-state index in [1.807, 2.05) is 30.3 Å². The number of nitrogens with zero attached hydrogens (tertiary/aromatic N) is 3. The maximum atomic E-state index is 14.8. The van der Waals surface area contributed by atoms with E-state index in [9.17, 15) is 37.3 Å². The summed E-state index contributed by atoms with van der Waals surface area (Å²) in [6, 6.07) is 16.4. The Bertz CT molecular complexity index is 1610. The fraction of sp³-hybridized carbons (Fsp3) is 0.120. The lowest BCUT2D eigenvalue weighted by Crippen LogP contribution is -2.41. The van der Waals surface area contributed by atoms with Gasteiger partial charge < -0.3 is 9.47 Å². The number of benzene rings is 3. The maximum absolute atomic E-state index is 14.8. The third-order valence-corrected chi connectivity index (χ3v) is 5.38. The predicted octanol–water partition coefficient (Wildman–Crippen LogP) is 4.97. The molecule has 0 N–H and O–H groups in total. The molecule has 0 aliphatic carbocycles. The summed E-state index contributed by atoms with van der Waals surface area (Å²) in [4.78, 5) is 35.5. The summed E-state index contributed by atoms with van der Waals surface area (Å²) in [5.41, 5.74) is -5.29. The Labute approximate surface area is 210 Å². The van der Waals surface area contributed by atoms with E-state index in [0.717, 1.165) is 12.6 Å².